The van der Waals surface area contributed by atoms with Crippen molar-refractivity contribution in [3.05, 3.63) is 87.5 Å². The Morgan fingerprint density at radius 2 is 1.69 bits per heavy atom. The Labute approximate surface area is 208 Å². The lowest BCUT2D eigenvalue weighted by Gasteiger charge is -2.30. The molecule has 36 heavy (non-hydrogen) atoms. The number of methoxy groups -OCH3 is 2. The first-order valence-corrected chi connectivity index (χ1v) is 11.9. The predicted octanol–water partition coefficient (Wildman–Crippen LogP) is 3.34. The van der Waals surface area contributed by atoms with Crippen LogP contribution >= 0.6 is 0 Å². The summed E-state index contributed by atoms with van der Waals surface area (Å²) in [6, 6.07) is 15.1. The van der Waals surface area contributed by atoms with Gasteiger partial charge in [0.25, 0.3) is 11.5 Å². The molecule has 0 fully saturated rings. The summed E-state index contributed by atoms with van der Waals surface area (Å²) in [7, 11) is 3.25. The normalized spacial score (nSPS) is 13.4. The van der Waals surface area contributed by atoms with Crippen molar-refractivity contribution >= 4 is 17.2 Å². The molecule has 9 nitrogen and oxygen atoms in total. The van der Waals surface area contributed by atoms with Crippen LogP contribution < -0.4 is 20.3 Å². The Bertz CT molecular complexity index is 1460. The molecule has 1 N–H and O–H groups in total. The molecular weight excluding hydrogens is 458 g/mol. The zero-order valence-electron chi connectivity index (χ0n) is 20.7. The number of carbonyl (C=O) groups is 1. The van der Waals surface area contributed by atoms with Crippen molar-refractivity contribution in [2.45, 2.75) is 33.0 Å². The average Bonchev–Trinajstić information content (AvgIpc) is 3.36. The lowest BCUT2D eigenvalue weighted by atomic mass is 10.0. The van der Waals surface area contributed by atoms with Gasteiger partial charge in [-0.25, -0.2) is 0 Å². The van der Waals surface area contributed by atoms with E-state index in [1.807, 2.05) is 31.2 Å². The van der Waals surface area contributed by atoms with Gasteiger partial charge in [-0.2, -0.15) is 9.61 Å². The summed E-state index contributed by atoms with van der Waals surface area (Å²) in [5.41, 5.74) is 4.22. The fourth-order valence-electron chi connectivity index (χ4n) is 4.80. The Morgan fingerprint density at radius 1 is 1.03 bits per heavy atom. The van der Waals surface area contributed by atoms with Crippen LogP contribution in [0.25, 0.3) is 5.65 Å². The maximum Gasteiger partial charge on any atom is 0.279 e. The molecule has 9 heteroatoms. The van der Waals surface area contributed by atoms with Crippen LogP contribution in [0.1, 0.15) is 34.1 Å². The molecule has 2 aromatic carbocycles. The minimum atomic E-state index is -0.311. The van der Waals surface area contributed by atoms with E-state index >= 15 is 0 Å². The van der Waals surface area contributed by atoms with Crippen LogP contribution in [0.4, 0.5) is 5.69 Å². The smallest absolute Gasteiger partial charge is 0.279 e. The highest BCUT2D eigenvalue weighted by atomic mass is 16.5. The van der Waals surface area contributed by atoms with Gasteiger partial charge in [-0.1, -0.05) is 12.1 Å². The Hall–Kier alpha value is -4.11. The van der Waals surface area contributed by atoms with Crippen LogP contribution in [-0.4, -0.2) is 45.8 Å². The SMILES string of the molecule is CCn1c2c(c(=O)n3ncc(C(=O)Nc4ccc(OC)cc4)c13)CN(Cc1ccc(OC)cc1)CC2. The van der Waals surface area contributed by atoms with Gasteiger partial charge >= 0.3 is 0 Å². The highest BCUT2D eigenvalue weighted by Gasteiger charge is 2.27. The summed E-state index contributed by atoms with van der Waals surface area (Å²) in [4.78, 5) is 28.9. The fourth-order valence-corrected chi connectivity index (χ4v) is 4.80. The van der Waals surface area contributed by atoms with E-state index in [2.05, 4.69) is 19.9 Å². The summed E-state index contributed by atoms with van der Waals surface area (Å²) >= 11 is 0. The number of aryl methyl sites for hydroxylation is 1. The van der Waals surface area contributed by atoms with Gasteiger partial charge in [0.2, 0.25) is 0 Å². The summed E-state index contributed by atoms with van der Waals surface area (Å²) in [6.45, 7) is 4.73. The highest BCUT2D eigenvalue weighted by Crippen LogP contribution is 2.23. The number of hydrogen-bond acceptors (Lipinski definition) is 6. The second-order valence-electron chi connectivity index (χ2n) is 8.76. The van der Waals surface area contributed by atoms with Gasteiger partial charge in [-0.15, -0.1) is 0 Å². The van der Waals surface area contributed by atoms with E-state index in [1.165, 1.54) is 10.7 Å². The van der Waals surface area contributed by atoms with Crippen LogP contribution in [-0.2, 0) is 26.1 Å². The third-order valence-electron chi connectivity index (χ3n) is 6.64. The molecule has 0 unspecified atom stereocenters. The van der Waals surface area contributed by atoms with E-state index in [0.29, 0.717) is 35.7 Å². The number of benzene rings is 2. The first kappa shape index (κ1) is 23.6. The van der Waals surface area contributed by atoms with Crippen LogP contribution in [0.15, 0.2) is 59.5 Å². The molecule has 1 aliphatic rings. The summed E-state index contributed by atoms with van der Waals surface area (Å²) < 4.78 is 13.8. The van der Waals surface area contributed by atoms with E-state index in [9.17, 15) is 9.59 Å². The third kappa shape index (κ3) is 4.33. The molecule has 3 heterocycles. The van der Waals surface area contributed by atoms with Crippen molar-refractivity contribution < 1.29 is 14.3 Å². The number of fused-ring (bicyclic) bond motifs is 2. The number of ether oxygens (including phenoxy) is 2. The lowest BCUT2D eigenvalue weighted by molar-refractivity contribution is 0.102. The van der Waals surface area contributed by atoms with Crippen molar-refractivity contribution in [3.8, 4) is 11.5 Å². The van der Waals surface area contributed by atoms with E-state index in [-0.39, 0.29) is 11.5 Å². The largest absolute Gasteiger partial charge is 0.497 e. The number of amides is 1. The molecule has 1 aliphatic heterocycles. The second-order valence-corrected chi connectivity index (χ2v) is 8.76. The van der Waals surface area contributed by atoms with E-state index in [1.54, 1.807) is 38.5 Å². The minimum Gasteiger partial charge on any atom is -0.497 e. The van der Waals surface area contributed by atoms with Crippen LogP contribution in [0, 0.1) is 0 Å². The monoisotopic (exact) mass is 487 g/mol. The van der Waals surface area contributed by atoms with Gasteiger partial charge < -0.3 is 19.4 Å². The van der Waals surface area contributed by atoms with E-state index < -0.39 is 0 Å². The quantitative estimate of drug-likeness (QED) is 0.430. The summed E-state index contributed by atoms with van der Waals surface area (Å²) in [5, 5.41) is 7.22. The van der Waals surface area contributed by atoms with Crippen molar-refractivity contribution in [2.75, 3.05) is 26.1 Å². The summed E-state index contributed by atoms with van der Waals surface area (Å²) in [6.07, 6.45) is 2.19. The number of aromatic nitrogens is 3. The van der Waals surface area contributed by atoms with Gasteiger partial charge in [-0.05, 0) is 48.9 Å². The number of rotatable bonds is 7. The zero-order chi connectivity index (χ0) is 25.2. The fraction of sp³-hybridized carbons (Fsp3) is 0.296. The number of nitrogens with zero attached hydrogens (tertiary/aromatic N) is 4. The van der Waals surface area contributed by atoms with E-state index in [0.717, 1.165) is 42.1 Å². The third-order valence-corrected chi connectivity index (χ3v) is 6.64. The van der Waals surface area contributed by atoms with Gasteiger partial charge in [0.15, 0.2) is 5.65 Å². The molecule has 0 aliphatic carbocycles. The first-order chi connectivity index (χ1) is 17.5. The standard InChI is InChI=1S/C27H29N5O4/c1-4-31-24-13-14-30(16-18-5-9-20(35-2)10-6-18)17-23(24)27(34)32-26(31)22(15-28-32)25(33)29-19-7-11-21(36-3)12-8-19/h5-12,15H,4,13-14,16-17H2,1-3H3,(H,29,33). The van der Waals surface area contributed by atoms with Gasteiger partial charge in [0.1, 0.15) is 17.1 Å². The molecule has 0 bridgehead atoms. The van der Waals surface area contributed by atoms with Crippen molar-refractivity contribution in [1.82, 2.24) is 19.1 Å². The summed E-state index contributed by atoms with van der Waals surface area (Å²) in [5.74, 6) is 1.21. The molecule has 5 rings (SSSR count). The van der Waals surface area contributed by atoms with Crippen LogP contribution in [0.2, 0.25) is 0 Å². The van der Waals surface area contributed by atoms with Crippen molar-refractivity contribution in [2.24, 2.45) is 0 Å². The van der Waals surface area contributed by atoms with Crippen molar-refractivity contribution in [1.29, 1.82) is 0 Å². The minimum absolute atomic E-state index is 0.173. The highest BCUT2D eigenvalue weighted by molar-refractivity contribution is 6.08. The first-order valence-electron chi connectivity index (χ1n) is 11.9. The van der Waals surface area contributed by atoms with E-state index in [4.69, 9.17) is 9.47 Å². The molecular formula is C27H29N5O4. The maximum absolute atomic E-state index is 13.5. The Morgan fingerprint density at radius 3 is 2.33 bits per heavy atom. The van der Waals surface area contributed by atoms with Crippen LogP contribution in [0.5, 0.6) is 11.5 Å². The van der Waals surface area contributed by atoms with Gasteiger partial charge in [0, 0.05) is 44.0 Å². The van der Waals surface area contributed by atoms with Crippen molar-refractivity contribution in [3.63, 3.8) is 0 Å². The average molecular weight is 488 g/mol. The number of anilines is 1. The van der Waals surface area contributed by atoms with Gasteiger partial charge in [0.05, 0.1) is 26.0 Å². The number of hydrogen-bond donors (Lipinski definition) is 1. The topological polar surface area (TPSA) is 90.1 Å². The zero-order valence-corrected chi connectivity index (χ0v) is 20.7. The predicted molar refractivity (Wildman–Crippen MR) is 137 cm³/mol. The molecule has 0 radical (unpaired) electrons. The molecule has 0 saturated heterocycles. The number of nitrogens with one attached hydrogen (secondary N) is 1. The molecule has 4 aromatic rings. The molecule has 2 aromatic heterocycles. The maximum atomic E-state index is 13.5. The molecule has 0 saturated carbocycles. The van der Waals surface area contributed by atoms with Gasteiger partial charge in [-0.3, -0.25) is 14.5 Å². The Balaban J connectivity index is 1.45. The molecule has 186 valence electrons. The second kappa shape index (κ2) is 9.87. The van der Waals surface area contributed by atoms with Crippen LogP contribution in [0.3, 0.4) is 0 Å². The molecule has 0 spiro atoms. The molecule has 0 atom stereocenters. The number of carbonyl (C=O) groups excluding carboxylic acids is 1. The molecule has 1 amide bonds. The lowest BCUT2D eigenvalue weighted by Crippen LogP contribution is -2.38. The Kier molecular flexibility index (Phi) is 6.47.